The van der Waals surface area contributed by atoms with Crippen LogP contribution in [0.2, 0.25) is 0 Å². The summed E-state index contributed by atoms with van der Waals surface area (Å²) in [6.07, 6.45) is -1.08. The van der Waals surface area contributed by atoms with Crippen molar-refractivity contribution in [3.63, 3.8) is 0 Å². The Morgan fingerprint density at radius 3 is 2.20 bits per heavy atom. The molecule has 30 valence electrons. The van der Waals surface area contributed by atoms with Crippen LogP contribution in [0.15, 0.2) is 0 Å². The maximum absolute atomic E-state index is 9.21. The summed E-state index contributed by atoms with van der Waals surface area (Å²) in [4.78, 5) is 9.21. The van der Waals surface area contributed by atoms with E-state index in [4.69, 9.17) is 5.11 Å². The summed E-state index contributed by atoms with van der Waals surface area (Å²) in [6, 6.07) is 0. The highest BCUT2D eigenvalue weighted by Gasteiger charge is 1.79. The fourth-order valence-corrected chi connectivity index (χ4v) is 0. The van der Waals surface area contributed by atoms with Gasteiger partial charge in [-0.3, -0.25) is 4.34 Å². The molecule has 0 aromatic carbocycles. The number of halogens is 1. The smallest absolute Gasteiger partial charge is 0.414 e. The zero-order valence-corrected chi connectivity index (χ0v) is 3.82. The van der Waals surface area contributed by atoms with Gasteiger partial charge in [0.25, 0.3) is 0 Å². The zero-order valence-electron chi connectivity index (χ0n) is 2.23. The van der Waals surface area contributed by atoms with E-state index in [-0.39, 0.29) is 0 Å². The third-order valence-electron chi connectivity index (χ3n) is 0.0808. The van der Waals surface area contributed by atoms with Crippen molar-refractivity contribution in [3.8, 4) is 0 Å². The molecule has 0 heterocycles. The monoisotopic (exact) mass is 139 g/mol. The molecular formula is CH2BrNO2. The first kappa shape index (κ1) is 4.75. The summed E-state index contributed by atoms with van der Waals surface area (Å²) in [7, 11) is 0. The Hall–Kier alpha value is -0.250. The number of carboxylic acid groups (broad SMARTS) is 1. The first-order valence-electron chi connectivity index (χ1n) is 0.867. The highest BCUT2D eigenvalue weighted by Crippen LogP contribution is 1.63. The maximum Gasteiger partial charge on any atom is 0.414 e. The van der Waals surface area contributed by atoms with Crippen molar-refractivity contribution in [3.05, 3.63) is 0 Å². The van der Waals surface area contributed by atoms with Gasteiger partial charge in [-0.2, -0.15) is 0 Å². The topological polar surface area (TPSA) is 49.3 Å². The lowest BCUT2D eigenvalue weighted by Crippen LogP contribution is -2.05. The standard InChI is InChI=1S/CH2BrNO2/c2-3-1(4)5/h3H,(H,4,5). The number of rotatable bonds is 0. The summed E-state index contributed by atoms with van der Waals surface area (Å²) in [5.41, 5.74) is 0. The van der Waals surface area contributed by atoms with Crippen LogP contribution in [0.3, 0.4) is 0 Å². The number of nitrogens with one attached hydrogen (secondary N) is 1. The summed E-state index contributed by atoms with van der Waals surface area (Å²) in [5, 5.41) is 7.56. The predicted molar refractivity (Wildman–Crippen MR) is 20.1 cm³/mol. The SMILES string of the molecule is O=C(O)NBr. The minimum atomic E-state index is -1.08. The fourth-order valence-electron chi connectivity index (χ4n) is 0. The highest BCUT2D eigenvalue weighted by atomic mass is 79.9. The van der Waals surface area contributed by atoms with Gasteiger partial charge in [-0.25, -0.2) is 4.79 Å². The Labute approximate surface area is 37.3 Å². The van der Waals surface area contributed by atoms with Gasteiger partial charge in [0.15, 0.2) is 0 Å². The molecule has 0 radical (unpaired) electrons. The molecule has 4 heteroatoms. The van der Waals surface area contributed by atoms with Gasteiger partial charge in [0.2, 0.25) is 0 Å². The van der Waals surface area contributed by atoms with Gasteiger partial charge in [0.1, 0.15) is 0 Å². The van der Waals surface area contributed by atoms with Crippen LogP contribution in [0.1, 0.15) is 0 Å². The van der Waals surface area contributed by atoms with Gasteiger partial charge in [0.05, 0.1) is 16.1 Å². The molecule has 0 unspecified atom stereocenters. The van der Waals surface area contributed by atoms with Crippen molar-refractivity contribution in [2.45, 2.75) is 0 Å². The molecule has 0 fully saturated rings. The van der Waals surface area contributed by atoms with Crippen LogP contribution in [0.4, 0.5) is 4.79 Å². The van der Waals surface area contributed by atoms with Crippen LogP contribution in [0, 0.1) is 0 Å². The van der Waals surface area contributed by atoms with E-state index in [0.717, 1.165) is 0 Å². The molecule has 0 saturated carbocycles. The first-order chi connectivity index (χ1) is 2.27. The van der Waals surface area contributed by atoms with Crippen molar-refractivity contribution in [1.82, 2.24) is 4.34 Å². The Morgan fingerprint density at radius 2 is 2.20 bits per heavy atom. The van der Waals surface area contributed by atoms with Crippen LogP contribution in [-0.2, 0) is 0 Å². The third kappa shape index (κ3) is 3.75. The normalized spacial score (nSPS) is 6.60. The largest absolute Gasteiger partial charge is 0.464 e. The maximum atomic E-state index is 9.21. The summed E-state index contributed by atoms with van der Waals surface area (Å²) < 4.78 is 1.76. The van der Waals surface area contributed by atoms with Crippen LogP contribution in [0.5, 0.6) is 0 Å². The van der Waals surface area contributed by atoms with Crippen molar-refractivity contribution in [1.29, 1.82) is 0 Å². The molecule has 1 amide bonds. The zero-order chi connectivity index (χ0) is 4.28. The van der Waals surface area contributed by atoms with Gasteiger partial charge >= 0.3 is 6.09 Å². The molecule has 0 rings (SSSR count). The number of carbonyl (C=O) groups is 1. The van der Waals surface area contributed by atoms with Crippen molar-refractivity contribution < 1.29 is 9.90 Å². The first-order valence-corrected chi connectivity index (χ1v) is 1.66. The summed E-state index contributed by atoms with van der Waals surface area (Å²) in [6.45, 7) is 0. The molecule has 0 bridgehead atoms. The Kier molecular flexibility index (Phi) is 1.92. The van der Waals surface area contributed by atoms with E-state index in [1.54, 1.807) is 4.34 Å². The minimum absolute atomic E-state index is 1.08. The molecule has 3 nitrogen and oxygen atoms in total. The third-order valence-corrected chi connectivity index (χ3v) is 0.420. The highest BCUT2D eigenvalue weighted by molar-refractivity contribution is 9.08. The van der Waals surface area contributed by atoms with E-state index in [1.807, 2.05) is 0 Å². The molecule has 0 saturated heterocycles. The van der Waals surface area contributed by atoms with E-state index in [2.05, 4.69) is 16.1 Å². The molecular weight excluding hydrogens is 138 g/mol. The van der Waals surface area contributed by atoms with Gasteiger partial charge in [-0.1, -0.05) is 0 Å². The van der Waals surface area contributed by atoms with Gasteiger partial charge < -0.3 is 5.11 Å². The van der Waals surface area contributed by atoms with Crippen LogP contribution >= 0.6 is 16.1 Å². The van der Waals surface area contributed by atoms with E-state index in [0.29, 0.717) is 0 Å². The Bertz CT molecular complexity index is 44.9. The quantitative estimate of drug-likeness (QED) is 0.483. The molecule has 0 aliphatic heterocycles. The molecule has 5 heavy (non-hydrogen) atoms. The minimum Gasteiger partial charge on any atom is -0.464 e. The molecule has 0 aromatic heterocycles. The van der Waals surface area contributed by atoms with Crippen LogP contribution in [-0.4, -0.2) is 11.2 Å². The van der Waals surface area contributed by atoms with E-state index in [9.17, 15) is 4.79 Å². The second-order valence-corrected chi connectivity index (χ2v) is 0.796. The van der Waals surface area contributed by atoms with Gasteiger partial charge in [0, 0.05) is 0 Å². The predicted octanol–water partition coefficient (Wildman–Crippen LogP) is 0.564. The van der Waals surface area contributed by atoms with E-state index < -0.39 is 6.09 Å². The molecule has 2 N–H and O–H groups in total. The lowest BCUT2D eigenvalue weighted by atomic mass is 11.3. The number of hydrogen-bond acceptors (Lipinski definition) is 1. The van der Waals surface area contributed by atoms with Crippen molar-refractivity contribution in [2.75, 3.05) is 0 Å². The molecule has 0 aromatic rings. The second kappa shape index (κ2) is 2.02. The molecule has 0 atom stereocenters. The Morgan fingerprint density at radius 1 is 2.00 bits per heavy atom. The molecule has 0 aliphatic rings. The average Bonchev–Trinajstić information content (AvgIpc) is 1.38. The lowest BCUT2D eigenvalue weighted by molar-refractivity contribution is 0.202. The average molecular weight is 140 g/mol. The second-order valence-electron chi connectivity index (χ2n) is 0.400. The van der Waals surface area contributed by atoms with Crippen molar-refractivity contribution in [2.24, 2.45) is 0 Å². The Balaban J connectivity index is 2.85. The van der Waals surface area contributed by atoms with E-state index in [1.165, 1.54) is 0 Å². The van der Waals surface area contributed by atoms with Crippen molar-refractivity contribution >= 4 is 22.2 Å². The van der Waals surface area contributed by atoms with Gasteiger partial charge in [-0.05, 0) is 0 Å². The van der Waals surface area contributed by atoms with E-state index >= 15 is 0 Å². The molecule has 0 spiro atoms. The van der Waals surface area contributed by atoms with Gasteiger partial charge in [-0.15, -0.1) is 0 Å². The molecule has 0 aliphatic carbocycles. The fraction of sp³-hybridized carbons (Fsp3) is 0. The van der Waals surface area contributed by atoms with Crippen LogP contribution < -0.4 is 4.34 Å². The van der Waals surface area contributed by atoms with Crippen LogP contribution in [0.25, 0.3) is 0 Å². The summed E-state index contributed by atoms with van der Waals surface area (Å²) in [5.74, 6) is 0. The number of amides is 1. The number of hydrogen-bond donors (Lipinski definition) is 2. The lowest BCUT2D eigenvalue weighted by Gasteiger charge is -1.75. The summed E-state index contributed by atoms with van der Waals surface area (Å²) >= 11 is 2.46.